The third-order valence-corrected chi connectivity index (χ3v) is 2.35. The Bertz CT molecular complexity index is 424. The van der Waals surface area contributed by atoms with Gasteiger partial charge in [0.05, 0.1) is 29.8 Å². The molecule has 16 heavy (non-hydrogen) atoms. The van der Waals surface area contributed by atoms with Crippen molar-refractivity contribution in [2.75, 3.05) is 5.32 Å². The van der Waals surface area contributed by atoms with Gasteiger partial charge >= 0.3 is 0 Å². The minimum Gasteiger partial charge on any atom is -0.374 e. The van der Waals surface area contributed by atoms with E-state index >= 15 is 0 Å². The van der Waals surface area contributed by atoms with Gasteiger partial charge in [-0.15, -0.1) is 0 Å². The number of halogens is 1. The molecule has 0 saturated carbocycles. The third kappa shape index (κ3) is 2.36. The lowest BCUT2D eigenvalue weighted by molar-refractivity contribution is 0.614. The van der Waals surface area contributed by atoms with Crippen molar-refractivity contribution in [2.45, 2.75) is 19.4 Å². The van der Waals surface area contributed by atoms with Gasteiger partial charge in [0.25, 0.3) is 0 Å². The van der Waals surface area contributed by atoms with Crippen molar-refractivity contribution in [1.82, 2.24) is 15.2 Å². The number of hydrogen-bond acceptors (Lipinski definition) is 3. The highest BCUT2D eigenvalue weighted by molar-refractivity contribution is 5.40. The number of aromatic amines is 1. The Morgan fingerprint density at radius 3 is 2.88 bits per heavy atom. The molecule has 84 valence electrons. The van der Waals surface area contributed by atoms with E-state index in [1.54, 1.807) is 18.5 Å². The first-order valence-electron chi connectivity index (χ1n) is 5.16. The second kappa shape index (κ2) is 4.74. The molecule has 0 spiro atoms. The maximum atomic E-state index is 12.7. The highest BCUT2D eigenvalue weighted by Gasteiger charge is 2.10. The standard InChI is InChI=1S/C11H13FN4/c1-2-10(16-9-6-14-15-7-9)11-4-3-8(12)5-13-11/h3-7,10,16H,2H2,1H3,(H,14,15). The van der Waals surface area contributed by atoms with Crippen molar-refractivity contribution in [3.05, 3.63) is 42.2 Å². The second-order valence-corrected chi connectivity index (χ2v) is 3.49. The lowest BCUT2D eigenvalue weighted by Crippen LogP contribution is -2.10. The number of H-pyrrole nitrogens is 1. The van der Waals surface area contributed by atoms with Crippen molar-refractivity contribution in [3.8, 4) is 0 Å². The molecule has 0 radical (unpaired) electrons. The summed E-state index contributed by atoms with van der Waals surface area (Å²) in [5.74, 6) is -0.318. The molecule has 0 aliphatic heterocycles. The van der Waals surface area contributed by atoms with Crippen LogP contribution in [0.4, 0.5) is 10.1 Å². The topological polar surface area (TPSA) is 53.6 Å². The van der Waals surface area contributed by atoms with Gasteiger partial charge < -0.3 is 5.32 Å². The van der Waals surface area contributed by atoms with E-state index in [1.165, 1.54) is 12.3 Å². The minimum atomic E-state index is -0.318. The molecule has 0 aromatic carbocycles. The largest absolute Gasteiger partial charge is 0.374 e. The van der Waals surface area contributed by atoms with Crippen LogP contribution in [0, 0.1) is 5.82 Å². The number of aromatic nitrogens is 3. The summed E-state index contributed by atoms with van der Waals surface area (Å²) in [5.41, 5.74) is 1.73. The predicted octanol–water partition coefficient (Wildman–Crippen LogP) is 2.51. The SMILES string of the molecule is CCC(Nc1cn[nH]c1)c1ccc(F)cn1. The van der Waals surface area contributed by atoms with Gasteiger partial charge in [0.1, 0.15) is 5.82 Å². The molecule has 2 aromatic rings. The van der Waals surface area contributed by atoms with Crippen LogP contribution in [0.15, 0.2) is 30.7 Å². The van der Waals surface area contributed by atoms with Gasteiger partial charge in [-0.3, -0.25) is 10.1 Å². The molecule has 2 heterocycles. The van der Waals surface area contributed by atoms with Crippen LogP contribution in [0.25, 0.3) is 0 Å². The van der Waals surface area contributed by atoms with Gasteiger partial charge in [-0.25, -0.2) is 4.39 Å². The summed E-state index contributed by atoms with van der Waals surface area (Å²) in [4.78, 5) is 4.06. The van der Waals surface area contributed by atoms with E-state index in [1.807, 2.05) is 6.92 Å². The van der Waals surface area contributed by atoms with Gasteiger partial charge in [0, 0.05) is 6.20 Å². The fraction of sp³-hybridized carbons (Fsp3) is 0.273. The molecule has 0 bridgehead atoms. The Labute approximate surface area is 92.9 Å². The van der Waals surface area contributed by atoms with Crippen molar-refractivity contribution >= 4 is 5.69 Å². The summed E-state index contributed by atoms with van der Waals surface area (Å²) >= 11 is 0. The van der Waals surface area contributed by atoms with Gasteiger partial charge in [0.15, 0.2) is 0 Å². The van der Waals surface area contributed by atoms with Gasteiger partial charge in [-0.05, 0) is 18.6 Å². The summed E-state index contributed by atoms with van der Waals surface area (Å²) in [6.45, 7) is 2.04. The van der Waals surface area contributed by atoms with E-state index in [0.717, 1.165) is 17.8 Å². The fourth-order valence-corrected chi connectivity index (χ4v) is 1.51. The first kappa shape index (κ1) is 10.6. The molecule has 2 rings (SSSR count). The van der Waals surface area contributed by atoms with Crippen LogP contribution < -0.4 is 5.32 Å². The van der Waals surface area contributed by atoms with Gasteiger partial charge in [0.2, 0.25) is 0 Å². The molecule has 1 unspecified atom stereocenters. The first-order chi connectivity index (χ1) is 7.79. The molecule has 2 aromatic heterocycles. The molecule has 0 amide bonds. The van der Waals surface area contributed by atoms with E-state index in [0.29, 0.717) is 0 Å². The quantitative estimate of drug-likeness (QED) is 0.832. The number of nitrogens with zero attached hydrogens (tertiary/aromatic N) is 2. The van der Waals surface area contributed by atoms with Crippen molar-refractivity contribution in [3.63, 3.8) is 0 Å². The number of anilines is 1. The van der Waals surface area contributed by atoms with E-state index in [9.17, 15) is 4.39 Å². The molecule has 5 heteroatoms. The van der Waals surface area contributed by atoms with Crippen LogP contribution in [0.5, 0.6) is 0 Å². The third-order valence-electron chi connectivity index (χ3n) is 2.35. The number of nitrogens with one attached hydrogen (secondary N) is 2. The normalized spacial score (nSPS) is 12.4. The molecule has 0 aliphatic carbocycles. The Morgan fingerprint density at radius 2 is 2.31 bits per heavy atom. The fourth-order valence-electron chi connectivity index (χ4n) is 1.51. The van der Waals surface area contributed by atoms with Gasteiger partial charge in [-0.1, -0.05) is 6.92 Å². The highest BCUT2D eigenvalue weighted by Crippen LogP contribution is 2.19. The maximum absolute atomic E-state index is 12.7. The van der Waals surface area contributed by atoms with Crippen molar-refractivity contribution < 1.29 is 4.39 Å². The molecular weight excluding hydrogens is 207 g/mol. The molecule has 0 aliphatic rings. The van der Waals surface area contributed by atoms with Crippen LogP contribution in [0.3, 0.4) is 0 Å². The van der Waals surface area contributed by atoms with Crippen molar-refractivity contribution in [1.29, 1.82) is 0 Å². The van der Waals surface area contributed by atoms with Crippen molar-refractivity contribution in [2.24, 2.45) is 0 Å². The Kier molecular flexibility index (Phi) is 3.14. The Hall–Kier alpha value is -1.91. The summed E-state index contributed by atoms with van der Waals surface area (Å²) in [7, 11) is 0. The monoisotopic (exact) mass is 220 g/mol. The van der Waals surface area contributed by atoms with E-state index in [-0.39, 0.29) is 11.9 Å². The van der Waals surface area contributed by atoms with E-state index < -0.39 is 0 Å². The molecule has 0 saturated heterocycles. The lowest BCUT2D eigenvalue weighted by atomic mass is 10.1. The Balaban J connectivity index is 2.13. The molecule has 4 nitrogen and oxygen atoms in total. The smallest absolute Gasteiger partial charge is 0.141 e. The highest BCUT2D eigenvalue weighted by atomic mass is 19.1. The zero-order valence-corrected chi connectivity index (χ0v) is 8.94. The van der Waals surface area contributed by atoms with Crippen LogP contribution in [0.2, 0.25) is 0 Å². The van der Waals surface area contributed by atoms with Crippen LogP contribution in [0.1, 0.15) is 25.1 Å². The summed E-state index contributed by atoms with van der Waals surface area (Å²) in [6.07, 6.45) is 5.57. The number of rotatable bonds is 4. The first-order valence-corrected chi connectivity index (χ1v) is 5.16. The molecule has 1 atom stereocenters. The second-order valence-electron chi connectivity index (χ2n) is 3.49. The van der Waals surface area contributed by atoms with Crippen LogP contribution in [-0.2, 0) is 0 Å². The molecule has 2 N–H and O–H groups in total. The average Bonchev–Trinajstić information content (AvgIpc) is 2.80. The van der Waals surface area contributed by atoms with E-state index in [4.69, 9.17) is 0 Å². The van der Waals surface area contributed by atoms with Gasteiger partial charge in [-0.2, -0.15) is 5.10 Å². The summed E-state index contributed by atoms with van der Waals surface area (Å²) in [5, 5.41) is 9.84. The summed E-state index contributed by atoms with van der Waals surface area (Å²) in [6, 6.07) is 3.18. The number of hydrogen-bond donors (Lipinski definition) is 2. The average molecular weight is 220 g/mol. The molecular formula is C11H13FN4. The lowest BCUT2D eigenvalue weighted by Gasteiger charge is -2.16. The minimum absolute atomic E-state index is 0.0678. The Morgan fingerprint density at radius 1 is 1.44 bits per heavy atom. The zero-order chi connectivity index (χ0) is 11.4. The van der Waals surface area contributed by atoms with Crippen LogP contribution in [-0.4, -0.2) is 15.2 Å². The zero-order valence-electron chi connectivity index (χ0n) is 8.94. The van der Waals surface area contributed by atoms with E-state index in [2.05, 4.69) is 20.5 Å². The maximum Gasteiger partial charge on any atom is 0.141 e. The molecule has 0 fully saturated rings. The summed E-state index contributed by atoms with van der Waals surface area (Å²) < 4.78 is 12.7. The predicted molar refractivity (Wildman–Crippen MR) is 59.4 cm³/mol. The number of pyridine rings is 1. The van der Waals surface area contributed by atoms with Crippen LogP contribution >= 0.6 is 0 Å².